The molecule has 3 aromatic rings. The zero-order valence-electron chi connectivity index (χ0n) is 20.9. The number of nitrogens with zero attached hydrogens (tertiary/aromatic N) is 1. The van der Waals surface area contributed by atoms with Crippen LogP contribution in [0.15, 0.2) is 77.7 Å². The third-order valence-corrected chi connectivity index (χ3v) is 7.28. The lowest BCUT2D eigenvalue weighted by molar-refractivity contribution is -0.192. The lowest BCUT2D eigenvalue weighted by Crippen LogP contribution is -2.30. The largest absolute Gasteiger partial charge is 0.490 e. The van der Waals surface area contributed by atoms with Crippen molar-refractivity contribution in [3.63, 3.8) is 0 Å². The van der Waals surface area contributed by atoms with Crippen molar-refractivity contribution in [3.8, 4) is 0 Å². The second-order valence-electron chi connectivity index (χ2n) is 8.64. The van der Waals surface area contributed by atoms with Gasteiger partial charge in [-0.2, -0.15) is 13.2 Å². The van der Waals surface area contributed by atoms with Crippen molar-refractivity contribution in [2.45, 2.75) is 24.4 Å². The Morgan fingerprint density at radius 2 is 1.60 bits per heavy atom. The van der Waals surface area contributed by atoms with Gasteiger partial charge in [-0.15, -0.1) is 0 Å². The molecule has 0 fully saturated rings. The molecule has 0 aromatic heterocycles. The number of aryl methyl sites for hydroxylation is 1. The second-order valence-corrected chi connectivity index (χ2v) is 10.3. The van der Waals surface area contributed by atoms with E-state index in [1.54, 1.807) is 6.07 Å². The summed E-state index contributed by atoms with van der Waals surface area (Å²) < 4.78 is 72.4. The van der Waals surface area contributed by atoms with Gasteiger partial charge in [0.1, 0.15) is 5.82 Å². The van der Waals surface area contributed by atoms with Crippen molar-refractivity contribution in [3.05, 3.63) is 95.3 Å². The molecule has 0 saturated heterocycles. The number of nitrogens with one attached hydrogen (secondary N) is 1. The molecule has 8 nitrogen and oxygen atoms in total. The first-order valence-corrected chi connectivity index (χ1v) is 13.1. The van der Waals surface area contributed by atoms with Crippen LogP contribution in [0.2, 0.25) is 0 Å². The molecule has 3 N–H and O–H groups in total. The summed E-state index contributed by atoms with van der Waals surface area (Å²) in [5.74, 6) is -4.46. The van der Waals surface area contributed by atoms with E-state index in [-0.39, 0.29) is 16.1 Å². The van der Waals surface area contributed by atoms with Crippen molar-refractivity contribution < 1.29 is 45.8 Å². The van der Waals surface area contributed by atoms with E-state index in [0.717, 1.165) is 30.7 Å². The summed E-state index contributed by atoms with van der Waals surface area (Å²) in [6.45, 7) is 3.25. The molecule has 0 amide bonds. The number of aliphatic carboxylic acids is 1. The molecule has 0 unspecified atom stereocenters. The van der Waals surface area contributed by atoms with Crippen LogP contribution in [0, 0.1) is 12.7 Å². The molecule has 0 aliphatic carbocycles. The van der Waals surface area contributed by atoms with Gasteiger partial charge in [0.05, 0.1) is 16.1 Å². The molecule has 0 spiro atoms. The fraction of sp³-hybridized carbons (Fsp3) is 0.185. The lowest BCUT2D eigenvalue weighted by atomic mass is 9.95. The molecule has 0 saturated carbocycles. The number of anilines is 2. The van der Waals surface area contributed by atoms with Crippen molar-refractivity contribution in [2.75, 3.05) is 22.7 Å². The number of benzene rings is 3. The van der Waals surface area contributed by atoms with Crippen LogP contribution in [0.5, 0.6) is 0 Å². The number of halogens is 4. The Hall–Kier alpha value is -4.39. The monoisotopic (exact) mass is 580 g/mol. The summed E-state index contributed by atoms with van der Waals surface area (Å²) in [6.07, 6.45) is -2.22. The molecule has 212 valence electrons. The van der Waals surface area contributed by atoms with Crippen molar-refractivity contribution >= 4 is 38.9 Å². The number of aromatic carboxylic acids is 1. The highest BCUT2D eigenvalue weighted by Gasteiger charge is 2.38. The van der Waals surface area contributed by atoms with Crippen LogP contribution in [0.3, 0.4) is 0 Å². The number of alkyl halides is 3. The molecule has 1 aliphatic heterocycles. The van der Waals surface area contributed by atoms with Gasteiger partial charge in [0.15, 0.2) is 0 Å². The Morgan fingerprint density at radius 3 is 2.12 bits per heavy atom. The number of carboxylic acid groups (broad SMARTS) is 2. The number of hydrogen-bond acceptors (Lipinski definition) is 5. The first-order chi connectivity index (χ1) is 18.7. The summed E-state index contributed by atoms with van der Waals surface area (Å²) in [5, 5.41) is 16.9. The number of rotatable bonds is 6. The molecule has 4 rings (SSSR count). The van der Waals surface area contributed by atoms with Crippen LogP contribution in [-0.4, -0.2) is 49.8 Å². The number of carbonyl (C=O) groups is 2. The van der Waals surface area contributed by atoms with Crippen LogP contribution in [0.1, 0.15) is 27.9 Å². The van der Waals surface area contributed by atoms with Gasteiger partial charge in [-0.3, -0.25) is 4.72 Å². The summed E-state index contributed by atoms with van der Waals surface area (Å²) in [7, 11) is -3.98. The molecular weight excluding hydrogens is 556 g/mol. The lowest BCUT2D eigenvalue weighted by Gasteiger charge is -2.30. The van der Waals surface area contributed by atoms with E-state index in [9.17, 15) is 35.9 Å². The first kappa shape index (κ1) is 30.2. The van der Waals surface area contributed by atoms with Crippen molar-refractivity contribution in [1.29, 1.82) is 0 Å². The van der Waals surface area contributed by atoms with E-state index in [1.807, 2.05) is 17.0 Å². The van der Waals surface area contributed by atoms with Crippen LogP contribution in [0.4, 0.5) is 28.9 Å². The van der Waals surface area contributed by atoms with Gasteiger partial charge in [0, 0.05) is 18.8 Å². The zero-order valence-corrected chi connectivity index (χ0v) is 21.8. The highest BCUT2D eigenvalue weighted by molar-refractivity contribution is 7.92. The fourth-order valence-corrected chi connectivity index (χ4v) is 4.99. The molecule has 1 aliphatic rings. The van der Waals surface area contributed by atoms with Gasteiger partial charge < -0.3 is 15.1 Å². The summed E-state index contributed by atoms with van der Waals surface area (Å²) in [5.41, 5.74) is 4.26. The Morgan fingerprint density at radius 1 is 0.975 bits per heavy atom. The minimum atomic E-state index is -5.08. The van der Waals surface area contributed by atoms with Crippen LogP contribution in [-0.2, 0) is 14.8 Å². The average Bonchev–Trinajstić information content (AvgIpc) is 2.89. The van der Waals surface area contributed by atoms with Gasteiger partial charge in [-0.1, -0.05) is 30.3 Å². The molecule has 0 atom stereocenters. The Labute approximate surface area is 227 Å². The quantitative estimate of drug-likeness (QED) is 0.326. The Kier molecular flexibility index (Phi) is 9.20. The topological polar surface area (TPSA) is 124 Å². The molecule has 40 heavy (non-hydrogen) atoms. The highest BCUT2D eigenvalue weighted by atomic mass is 32.2. The predicted octanol–water partition coefficient (Wildman–Crippen LogP) is 5.56. The fourth-order valence-electron chi connectivity index (χ4n) is 3.94. The van der Waals surface area contributed by atoms with E-state index in [0.29, 0.717) is 18.8 Å². The molecule has 0 radical (unpaired) electrons. The molecular formula is C27H24F4N2O6S. The second kappa shape index (κ2) is 12.2. The SMILES string of the molecule is Cc1ccccc1C1=CCN(c2ccc(NS(=O)(=O)c3ccc(F)cc3)cc2C(=O)O)CC1.O=C(O)C(F)(F)F. The van der Waals surface area contributed by atoms with Gasteiger partial charge in [0.2, 0.25) is 0 Å². The van der Waals surface area contributed by atoms with E-state index in [1.165, 1.54) is 28.8 Å². The summed E-state index contributed by atoms with van der Waals surface area (Å²) >= 11 is 0. The van der Waals surface area contributed by atoms with E-state index in [2.05, 4.69) is 29.9 Å². The van der Waals surface area contributed by atoms with Crippen LogP contribution in [0.25, 0.3) is 5.57 Å². The van der Waals surface area contributed by atoms with E-state index < -0.39 is 34.0 Å². The molecule has 3 aromatic carbocycles. The minimum Gasteiger partial charge on any atom is -0.478 e. The van der Waals surface area contributed by atoms with Crippen molar-refractivity contribution in [1.82, 2.24) is 0 Å². The third kappa shape index (κ3) is 7.59. The van der Waals surface area contributed by atoms with Gasteiger partial charge in [-0.25, -0.2) is 22.4 Å². The maximum atomic E-state index is 13.1. The van der Waals surface area contributed by atoms with Gasteiger partial charge >= 0.3 is 18.1 Å². The normalized spacial score (nSPS) is 13.5. The van der Waals surface area contributed by atoms with Crippen LogP contribution >= 0.6 is 0 Å². The third-order valence-electron chi connectivity index (χ3n) is 5.89. The standard InChI is InChI=1S/C25H23FN2O4S.C2HF3O2/c1-17-4-2-3-5-22(17)18-12-14-28(15-13-18)24-11-8-20(16-23(24)25(29)30)27-33(31,32)21-9-6-19(26)7-10-21;3-2(4,5)1(6)7/h2-12,16,27H,13-15H2,1H3,(H,29,30);(H,6,7). The number of hydrogen-bond donors (Lipinski definition) is 3. The van der Waals surface area contributed by atoms with Gasteiger partial charge in [-0.05, 0) is 72.5 Å². The number of carboxylic acids is 2. The van der Waals surface area contributed by atoms with E-state index >= 15 is 0 Å². The minimum absolute atomic E-state index is 0.00190. The molecule has 0 bridgehead atoms. The summed E-state index contributed by atoms with van der Waals surface area (Å²) in [4.78, 5) is 22.7. The maximum Gasteiger partial charge on any atom is 0.490 e. The highest BCUT2D eigenvalue weighted by Crippen LogP contribution is 2.31. The zero-order chi connectivity index (χ0) is 29.7. The van der Waals surface area contributed by atoms with Crippen LogP contribution < -0.4 is 9.62 Å². The first-order valence-electron chi connectivity index (χ1n) is 11.6. The smallest absolute Gasteiger partial charge is 0.478 e. The predicted molar refractivity (Wildman–Crippen MR) is 140 cm³/mol. The van der Waals surface area contributed by atoms with Crippen molar-refractivity contribution in [2.24, 2.45) is 0 Å². The average molecular weight is 581 g/mol. The Bertz CT molecular complexity index is 1540. The Balaban J connectivity index is 0.000000559. The molecule has 13 heteroatoms. The molecule has 1 heterocycles. The van der Waals surface area contributed by atoms with Gasteiger partial charge in [0.25, 0.3) is 10.0 Å². The number of sulfonamides is 1. The van der Waals surface area contributed by atoms with E-state index in [4.69, 9.17) is 9.90 Å². The summed E-state index contributed by atoms with van der Waals surface area (Å²) in [6, 6.07) is 17.0. The maximum absolute atomic E-state index is 13.1.